The van der Waals surface area contributed by atoms with Crippen molar-refractivity contribution in [3.63, 3.8) is 0 Å². The molecule has 126 valence electrons. The number of amides is 2. The number of fused-ring (bicyclic) bond motifs is 1. The fourth-order valence-electron chi connectivity index (χ4n) is 2.95. The molecule has 2 heterocycles. The van der Waals surface area contributed by atoms with Gasteiger partial charge in [-0.2, -0.15) is 11.8 Å². The van der Waals surface area contributed by atoms with E-state index in [9.17, 15) is 19.5 Å². The Morgan fingerprint density at radius 2 is 2.17 bits per heavy atom. The number of thioether (sulfide) groups is 2. The zero-order valence-electron chi connectivity index (χ0n) is 14.2. The molecule has 6 nitrogen and oxygen atoms in total. The summed E-state index contributed by atoms with van der Waals surface area (Å²) in [4.78, 5) is 36.5. The number of carbonyl (C=O) groups excluding carboxylic acids is 3. The molecule has 0 saturated carbocycles. The number of carboxylic acid groups (broad SMARTS) is 1. The summed E-state index contributed by atoms with van der Waals surface area (Å²) in [5, 5.41) is 15.7. The Balaban J connectivity index is 0.00000288. The van der Waals surface area contributed by atoms with Crippen LogP contribution in [-0.2, 0) is 14.4 Å². The Morgan fingerprint density at radius 1 is 1.50 bits per heavy atom. The van der Waals surface area contributed by atoms with E-state index in [2.05, 4.69) is 5.32 Å². The van der Waals surface area contributed by atoms with Gasteiger partial charge in [0.05, 0.1) is 23.6 Å². The van der Waals surface area contributed by atoms with Crippen LogP contribution in [-0.4, -0.2) is 39.7 Å². The zero-order valence-corrected chi connectivity index (χ0v) is 17.8. The number of β-lactam (4-membered cyclic amide) rings is 1. The van der Waals surface area contributed by atoms with Crippen LogP contribution < -0.4 is 40.0 Å². The van der Waals surface area contributed by atoms with E-state index in [1.807, 2.05) is 13.8 Å². The molecule has 2 aliphatic rings. The van der Waals surface area contributed by atoms with Crippen LogP contribution in [0.4, 0.5) is 0 Å². The monoisotopic (exact) mass is 378 g/mol. The SMILES string of the molecule is CCSC(C)[C@H]1C(=O)N2C(C(=O)[O-])=C(S/C=C/NC(C)=O)C[C@H]12.[Na+]. The minimum Gasteiger partial charge on any atom is -0.543 e. The maximum Gasteiger partial charge on any atom is 1.00 e. The minimum absolute atomic E-state index is 0. The number of hydrogen-bond acceptors (Lipinski definition) is 6. The molecule has 1 unspecified atom stereocenters. The minimum atomic E-state index is -1.33. The van der Waals surface area contributed by atoms with E-state index >= 15 is 0 Å². The molecular formula is C15H19N2NaO4S2. The topological polar surface area (TPSA) is 89.5 Å². The van der Waals surface area contributed by atoms with Crippen molar-refractivity contribution < 1.29 is 49.0 Å². The first kappa shape index (κ1) is 21.6. The standard InChI is InChI=1S/C15H20N2O4S2.Na/c1-4-22-8(2)12-10-7-11(23-6-5-16-9(3)18)13(15(20)21)17(10)14(12)19;/h5-6,8,10,12H,4,7H2,1-3H3,(H,16,18)(H,20,21);/q;+1/p-1/b6-5+;/t8?,10-,12-;/m1./s1. The van der Waals surface area contributed by atoms with Crippen LogP contribution in [0.5, 0.6) is 0 Å². The Bertz CT molecular complexity index is 594. The maximum atomic E-state index is 12.3. The molecule has 0 bridgehead atoms. The maximum absolute atomic E-state index is 12.3. The van der Waals surface area contributed by atoms with Gasteiger partial charge >= 0.3 is 29.6 Å². The third-order valence-electron chi connectivity index (χ3n) is 3.86. The summed E-state index contributed by atoms with van der Waals surface area (Å²) in [5.74, 6) is -0.896. The second kappa shape index (κ2) is 9.33. The van der Waals surface area contributed by atoms with Crippen LogP contribution in [0.3, 0.4) is 0 Å². The summed E-state index contributed by atoms with van der Waals surface area (Å²) in [6, 6.07) is -0.0962. The average Bonchev–Trinajstić information content (AvgIpc) is 2.78. The molecule has 0 aromatic heterocycles. The summed E-state index contributed by atoms with van der Waals surface area (Å²) in [7, 11) is 0. The number of carbonyl (C=O) groups is 3. The summed E-state index contributed by atoms with van der Waals surface area (Å²) >= 11 is 2.91. The van der Waals surface area contributed by atoms with Crippen LogP contribution in [0.1, 0.15) is 27.2 Å². The molecule has 1 N–H and O–H groups in total. The molecule has 2 amide bonds. The van der Waals surface area contributed by atoms with Crippen LogP contribution in [0, 0.1) is 5.92 Å². The smallest absolute Gasteiger partial charge is 0.543 e. The Labute approximate surface area is 172 Å². The predicted octanol–water partition coefficient (Wildman–Crippen LogP) is -2.34. The van der Waals surface area contributed by atoms with E-state index in [0.717, 1.165) is 5.75 Å². The molecule has 0 aliphatic carbocycles. The summed E-state index contributed by atoms with van der Waals surface area (Å²) in [6.07, 6.45) is 1.97. The van der Waals surface area contributed by atoms with Gasteiger partial charge in [-0.3, -0.25) is 9.59 Å². The van der Waals surface area contributed by atoms with Gasteiger partial charge in [-0.15, -0.1) is 0 Å². The first-order valence-corrected chi connectivity index (χ1v) is 9.29. The third-order valence-corrected chi connectivity index (χ3v) is 5.93. The van der Waals surface area contributed by atoms with Crippen LogP contribution in [0.25, 0.3) is 0 Å². The molecule has 0 spiro atoms. The normalized spacial score (nSPS) is 23.6. The van der Waals surface area contributed by atoms with Gasteiger partial charge in [0.2, 0.25) is 11.8 Å². The van der Waals surface area contributed by atoms with Crippen molar-refractivity contribution in [2.45, 2.75) is 38.5 Å². The number of rotatable bonds is 7. The molecule has 1 fully saturated rings. The molecule has 2 aliphatic heterocycles. The number of aliphatic carboxylic acids is 1. The van der Waals surface area contributed by atoms with E-state index in [0.29, 0.717) is 11.3 Å². The van der Waals surface area contributed by atoms with Crippen molar-refractivity contribution in [3.05, 3.63) is 22.2 Å². The van der Waals surface area contributed by atoms with Gasteiger partial charge in [-0.1, -0.05) is 25.6 Å². The van der Waals surface area contributed by atoms with E-state index < -0.39 is 5.97 Å². The van der Waals surface area contributed by atoms with Crippen molar-refractivity contribution >= 4 is 41.3 Å². The second-order valence-electron chi connectivity index (χ2n) is 5.35. The fourth-order valence-corrected chi connectivity index (χ4v) is 4.84. The van der Waals surface area contributed by atoms with Crippen molar-refractivity contribution in [3.8, 4) is 0 Å². The van der Waals surface area contributed by atoms with Gasteiger partial charge in [0.15, 0.2) is 0 Å². The van der Waals surface area contributed by atoms with Crippen LogP contribution in [0.2, 0.25) is 0 Å². The fraction of sp³-hybridized carbons (Fsp3) is 0.533. The Kier molecular flexibility index (Phi) is 8.41. The molecule has 0 aromatic carbocycles. The van der Waals surface area contributed by atoms with Crippen LogP contribution >= 0.6 is 23.5 Å². The molecule has 24 heavy (non-hydrogen) atoms. The molecule has 2 rings (SSSR count). The molecule has 1 saturated heterocycles. The molecule has 0 radical (unpaired) electrons. The number of carboxylic acids is 1. The number of nitrogens with one attached hydrogen (secondary N) is 1. The average molecular weight is 378 g/mol. The Hall–Kier alpha value is -0.410. The first-order valence-electron chi connectivity index (χ1n) is 7.36. The van der Waals surface area contributed by atoms with Crippen molar-refractivity contribution in [2.75, 3.05) is 5.75 Å². The van der Waals surface area contributed by atoms with Gasteiger partial charge in [-0.05, 0) is 11.2 Å². The van der Waals surface area contributed by atoms with E-state index in [-0.39, 0.29) is 64.3 Å². The summed E-state index contributed by atoms with van der Waals surface area (Å²) in [5.41, 5.74) is -0.0255. The van der Waals surface area contributed by atoms with Gasteiger partial charge in [-0.25, -0.2) is 0 Å². The largest absolute Gasteiger partial charge is 1.00 e. The number of nitrogens with zero attached hydrogens (tertiary/aromatic N) is 1. The number of hydrogen-bond donors (Lipinski definition) is 1. The van der Waals surface area contributed by atoms with Gasteiger partial charge in [0, 0.05) is 29.7 Å². The van der Waals surface area contributed by atoms with Gasteiger partial charge in [0.1, 0.15) is 0 Å². The van der Waals surface area contributed by atoms with E-state index in [4.69, 9.17) is 0 Å². The molecular weight excluding hydrogens is 359 g/mol. The molecule has 9 heteroatoms. The van der Waals surface area contributed by atoms with Gasteiger partial charge < -0.3 is 20.1 Å². The molecule has 0 aromatic rings. The van der Waals surface area contributed by atoms with Crippen molar-refractivity contribution in [1.82, 2.24) is 10.2 Å². The van der Waals surface area contributed by atoms with E-state index in [1.54, 1.807) is 17.2 Å². The summed E-state index contributed by atoms with van der Waals surface area (Å²) < 4.78 is 0. The molecule has 3 atom stereocenters. The van der Waals surface area contributed by atoms with Gasteiger partial charge in [0.25, 0.3) is 0 Å². The summed E-state index contributed by atoms with van der Waals surface area (Å²) in [6.45, 7) is 5.43. The predicted molar refractivity (Wildman–Crippen MR) is 88.9 cm³/mol. The second-order valence-corrected chi connectivity index (χ2v) is 8.00. The Morgan fingerprint density at radius 3 is 2.71 bits per heavy atom. The quantitative estimate of drug-likeness (QED) is 0.395. The van der Waals surface area contributed by atoms with E-state index in [1.165, 1.54) is 29.8 Å². The third kappa shape index (κ3) is 4.40. The first-order chi connectivity index (χ1) is 10.9. The van der Waals surface area contributed by atoms with Crippen LogP contribution in [0.15, 0.2) is 22.2 Å². The zero-order chi connectivity index (χ0) is 17.1. The van der Waals surface area contributed by atoms with Crippen molar-refractivity contribution in [2.24, 2.45) is 5.92 Å². The van der Waals surface area contributed by atoms with Crippen molar-refractivity contribution in [1.29, 1.82) is 0 Å².